The second kappa shape index (κ2) is 6.60. The molecule has 2 aromatic carbocycles. The Morgan fingerprint density at radius 2 is 1.86 bits per heavy atom. The van der Waals surface area contributed by atoms with Crippen LogP contribution in [-0.4, -0.2) is 14.2 Å². The zero-order valence-corrected chi connectivity index (χ0v) is 15.3. The van der Waals surface area contributed by atoms with Gasteiger partial charge in [0.1, 0.15) is 11.6 Å². The molecule has 2 heterocycles. The summed E-state index contributed by atoms with van der Waals surface area (Å²) < 4.78 is 3.57. The molecule has 0 atom stereocenters. The Labute approximate surface area is 161 Å². The van der Waals surface area contributed by atoms with Crippen LogP contribution in [0.2, 0.25) is 0 Å². The summed E-state index contributed by atoms with van der Waals surface area (Å²) in [6.45, 7) is 3.68. The van der Waals surface area contributed by atoms with E-state index in [2.05, 4.69) is 6.58 Å². The zero-order chi connectivity index (χ0) is 19.8. The van der Waals surface area contributed by atoms with Gasteiger partial charge in [0.25, 0.3) is 5.56 Å². The number of aromatic nitrogens is 2. The molecule has 1 N–H and O–H groups in total. The highest BCUT2D eigenvalue weighted by molar-refractivity contribution is 6.06. The highest BCUT2D eigenvalue weighted by atomic mass is 16.2. The number of aliphatic hydroxyl groups excluding tert-OH is 1. The van der Waals surface area contributed by atoms with E-state index in [0.29, 0.717) is 11.3 Å². The molecule has 5 heteroatoms. The number of benzene rings is 2. The molecule has 0 spiro atoms. The van der Waals surface area contributed by atoms with Crippen LogP contribution < -0.4 is 5.56 Å². The molecule has 5 nitrogen and oxygen atoms in total. The first-order valence-electron chi connectivity index (χ1n) is 8.71. The summed E-state index contributed by atoms with van der Waals surface area (Å²) in [7, 11) is 1.92. The minimum absolute atomic E-state index is 0.0875. The maximum absolute atomic E-state index is 13.1. The maximum Gasteiger partial charge on any atom is 0.273 e. The van der Waals surface area contributed by atoms with Crippen molar-refractivity contribution >= 4 is 27.5 Å². The third kappa shape index (κ3) is 2.43. The van der Waals surface area contributed by atoms with E-state index in [9.17, 15) is 15.2 Å². The Morgan fingerprint density at radius 3 is 2.50 bits per heavy atom. The van der Waals surface area contributed by atoms with Crippen LogP contribution in [0.5, 0.6) is 0 Å². The number of aryl methyl sites for hydroxylation is 1. The van der Waals surface area contributed by atoms with Crippen molar-refractivity contribution < 1.29 is 5.11 Å². The molecule has 0 aliphatic heterocycles. The Morgan fingerprint density at radius 1 is 1.14 bits per heavy atom. The molecule has 2 aromatic heterocycles. The molecule has 28 heavy (non-hydrogen) atoms. The smallest absolute Gasteiger partial charge is 0.273 e. The molecule has 136 valence electrons. The van der Waals surface area contributed by atoms with E-state index < -0.39 is 0 Å². The summed E-state index contributed by atoms with van der Waals surface area (Å²) in [6, 6.07) is 18.7. The highest BCUT2D eigenvalue weighted by Gasteiger charge is 2.17. The molecule has 0 unspecified atom stereocenters. The van der Waals surface area contributed by atoms with Gasteiger partial charge in [0.05, 0.1) is 22.8 Å². The lowest BCUT2D eigenvalue weighted by atomic mass is 10.1. The standard InChI is InChI=1S/C23H17N3O2/c1-3-15(14-27)16-8-10-18(11-9-16)26-22-19-6-4-5-7-20(19)25(2)21(22)12-17(13-24)23(26)28/h3-12,14,27H,1H2,2H3/b15-14+. The summed E-state index contributed by atoms with van der Waals surface area (Å²) in [4.78, 5) is 13.1. The van der Waals surface area contributed by atoms with Crippen LogP contribution in [0.3, 0.4) is 0 Å². The molecular formula is C23H17N3O2. The van der Waals surface area contributed by atoms with E-state index in [-0.39, 0.29) is 11.1 Å². The van der Waals surface area contributed by atoms with E-state index in [4.69, 9.17) is 0 Å². The number of para-hydroxylation sites is 1. The van der Waals surface area contributed by atoms with Gasteiger partial charge in [-0.05, 0) is 29.8 Å². The lowest BCUT2D eigenvalue weighted by Gasteiger charge is -2.11. The summed E-state index contributed by atoms with van der Waals surface area (Å²) in [5.41, 5.74) is 4.29. The van der Waals surface area contributed by atoms with Crippen LogP contribution in [-0.2, 0) is 7.05 Å². The number of aliphatic hydroxyl groups is 1. The fourth-order valence-electron chi connectivity index (χ4n) is 3.59. The highest BCUT2D eigenvalue weighted by Crippen LogP contribution is 2.29. The van der Waals surface area contributed by atoms with Crippen molar-refractivity contribution in [2.24, 2.45) is 7.05 Å². The number of hydrogen-bond acceptors (Lipinski definition) is 3. The van der Waals surface area contributed by atoms with Gasteiger partial charge in [0, 0.05) is 23.7 Å². The van der Waals surface area contributed by atoms with E-state index in [1.165, 1.54) is 0 Å². The summed E-state index contributed by atoms with van der Waals surface area (Å²) in [5.74, 6) is 0. The molecule has 0 aliphatic carbocycles. The lowest BCUT2D eigenvalue weighted by molar-refractivity contribution is 0.476. The Hall–Kier alpha value is -4.04. The predicted octanol–water partition coefficient (Wildman–Crippen LogP) is 4.44. The number of fused-ring (bicyclic) bond motifs is 3. The SMILES string of the molecule is C=C/C(=C\O)c1ccc(-n2c(=O)c(C#N)cc3c2c2ccccc2n3C)cc1. The average Bonchev–Trinajstić information content (AvgIpc) is 3.01. The molecule has 0 aliphatic rings. The Kier molecular flexibility index (Phi) is 4.10. The maximum atomic E-state index is 13.1. The molecule has 0 saturated heterocycles. The first-order valence-corrected chi connectivity index (χ1v) is 8.71. The van der Waals surface area contributed by atoms with Crippen LogP contribution in [0.25, 0.3) is 33.2 Å². The summed E-state index contributed by atoms with van der Waals surface area (Å²) in [5, 5.41) is 19.7. The summed E-state index contributed by atoms with van der Waals surface area (Å²) in [6.07, 6.45) is 2.55. The number of hydrogen-bond donors (Lipinski definition) is 1. The van der Waals surface area contributed by atoms with Gasteiger partial charge >= 0.3 is 0 Å². The van der Waals surface area contributed by atoms with Gasteiger partial charge in [-0.15, -0.1) is 0 Å². The first kappa shape index (κ1) is 17.4. The molecule has 4 aromatic rings. The van der Waals surface area contributed by atoms with Crippen molar-refractivity contribution in [3.05, 3.63) is 95.0 Å². The van der Waals surface area contributed by atoms with E-state index in [1.807, 2.05) is 54.1 Å². The lowest BCUT2D eigenvalue weighted by Crippen LogP contribution is -2.21. The molecule has 0 amide bonds. The Balaban J connectivity index is 2.10. The van der Waals surface area contributed by atoms with Gasteiger partial charge in [-0.2, -0.15) is 5.26 Å². The molecule has 4 rings (SSSR count). The van der Waals surface area contributed by atoms with E-state index in [0.717, 1.165) is 33.8 Å². The van der Waals surface area contributed by atoms with Crippen molar-refractivity contribution in [1.82, 2.24) is 9.13 Å². The number of nitriles is 1. The number of pyridine rings is 1. The van der Waals surface area contributed by atoms with Gasteiger partial charge in [-0.3, -0.25) is 9.36 Å². The van der Waals surface area contributed by atoms with E-state index >= 15 is 0 Å². The largest absolute Gasteiger partial charge is 0.515 e. The van der Waals surface area contributed by atoms with E-state index in [1.54, 1.807) is 28.8 Å². The third-order valence-electron chi connectivity index (χ3n) is 5.00. The second-order valence-electron chi connectivity index (χ2n) is 6.46. The van der Waals surface area contributed by atoms with Crippen molar-refractivity contribution in [3.8, 4) is 11.8 Å². The minimum atomic E-state index is -0.360. The van der Waals surface area contributed by atoms with Gasteiger partial charge in [0.2, 0.25) is 0 Å². The third-order valence-corrected chi connectivity index (χ3v) is 5.00. The average molecular weight is 367 g/mol. The fraction of sp³-hybridized carbons (Fsp3) is 0.0435. The molecular weight excluding hydrogens is 350 g/mol. The molecule has 0 bridgehead atoms. The zero-order valence-electron chi connectivity index (χ0n) is 15.3. The number of allylic oxidation sites excluding steroid dienone is 2. The van der Waals surface area contributed by atoms with Crippen molar-refractivity contribution in [1.29, 1.82) is 5.26 Å². The second-order valence-corrected chi connectivity index (χ2v) is 6.46. The van der Waals surface area contributed by atoms with Crippen LogP contribution in [0.15, 0.2) is 78.3 Å². The van der Waals surface area contributed by atoms with Crippen molar-refractivity contribution in [3.63, 3.8) is 0 Å². The van der Waals surface area contributed by atoms with Crippen LogP contribution in [0.4, 0.5) is 0 Å². The molecule has 0 radical (unpaired) electrons. The fourth-order valence-corrected chi connectivity index (χ4v) is 3.59. The van der Waals surface area contributed by atoms with Gasteiger partial charge in [-0.25, -0.2) is 0 Å². The molecule has 0 fully saturated rings. The number of nitrogens with zero attached hydrogens (tertiary/aromatic N) is 3. The topological polar surface area (TPSA) is 71.0 Å². The first-order chi connectivity index (χ1) is 13.6. The minimum Gasteiger partial charge on any atom is -0.515 e. The number of rotatable bonds is 3. The quantitative estimate of drug-likeness (QED) is 0.430. The van der Waals surface area contributed by atoms with Crippen LogP contribution in [0.1, 0.15) is 11.1 Å². The normalized spacial score (nSPS) is 11.6. The van der Waals surface area contributed by atoms with Gasteiger partial charge in [0.15, 0.2) is 0 Å². The van der Waals surface area contributed by atoms with Crippen molar-refractivity contribution in [2.45, 2.75) is 0 Å². The molecule has 0 saturated carbocycles. The van der Waals surface area contributed by atoms with Gasteiger partial charge in [-0.1, -0.05) is 43.0 Å². The summed E-state index contributed by atoms with van der Waals surface area (Å²) >= 11 is 0. The Bertz CT molecular complexity index is 1360. The van der Waals surface area contributed by atoms with Crippen LogP contribution >= 0.6 is 0 Å². The van der Waals surface area contributed by atoms with Crippen LogP contribution in [0, 0.1) is 11.3 Å². The van der Waals surface area contributed by atoms with Gasteiger partial charge < -0.3 is 9.67 Å². The monoisotopic (exact) mass is 367 g/mol. The predicted molar refractivity (Wildman–Crippen MR) is 112 cm³/mol. The van der Waals surface area contributed by atoms with Crippen molar-refractivity contribution in [2.75, 3.05) is 0 Å².